The summed E-state index contributed by atoms with van der Waals surface area (Å²) in [5.74, 6) is -1.32. The van der Waals surface area contributed by atoms with Gasteiger partial charge in [-0.05, 0) is 54.1 Å². The molecule has 0 saturated heterocycles. The van der Waals surface area contributed by atoms with Crippen molar-refractivity contribution in [3.63, 3.8) is 0 Å². The molecular weight excluding hydrogens is 368 g/mol. The maximum atomic E-state index is 12.9. The Morgan fingerprint density at radius 2 is 1.62 bits per heavy atom. The molecule has 6 nitrogen and oxygen atoms in total. The van der Waals surface area contributed by atoms with Gasteiger partial charge in [-0.3, -0.25) is 14.4 Å². The van der Waals surface area contributed by atoms with Gasteiger partial charge < -0.3 is 15.8 Å². The third kappa shape index (κ3) is 3.25. The highest BCUT2D eigenvalue weighted by Crippen LogP contribution is 2.38. The van der Waals surface area contributed by atoms with Crippen LogP contribution in [0.5, 0.6) is 5.75 Å². The summed E-state index contributed by atoms with van der Waals surface area (Å²) in [6, 6.07) is 18.2. The fourth-order valence-corrected chi connectivity index (χ4v) is 3.49. The van der Waals surface area contributed by atoms with E-state index in [1.807, 2.05) is 0 Å². The fourth-order valence-electron chi connectivity index (χ4n) is 3.49. The Labute approximate surface area is 167 Å². The molecule has 3 aromatic carbocycles. The van der Waals surface area contributed by atoms with E-state index in [0.717, 1.165) is 0 Å². The molecule has 1 amide bonds. The second kappa shape index (κ2) is 7.24. The standard InChI is InChI=1S/C23H18N2O4/c1-29-15-9-6-13(7-10-15)23(28)25-19-5-3-2-4-17(19)20-21(26)16-11-8-14(24)12-18(16)22(20)27/h2-12,20H,24H2,1H3,(H,25,28). The summed E-state index contributed by atoms with van der Waals surface area (Å²) in [6.45, 7) is 0. The van der Waals surface area contributed by atoms with Crippen LogP contribution in [0.4, 0.5) is 11.4 Å². The molecule has 0 spiro atoms. The number of fused-ring (bicyclic) bond motifs is 1. The number of para-hydroxylation sites is 1. The van der Waals surface area contributed by atoms with Gasteiger partial charge >= 0.3 is 0 Å². The van der Waals surface area contributed by atoms with E-state index in [2.05, 4.69) is 5.32 Å². The molecule has 6 heteroatoms. The molecule has 0 bridgehead atoms. The summed E-state index contributed by atoms with van der Waals surface area (Å²) in [5, 5.41) is 2.81. The Hall–Kier alpha value is -3.93. The predicted molar refractivity (Wildman–Crippen MR) is 110 cm³/mol. The van der Waals surface area contributed by atoms with Gasteiger partial charge in [0.15, 0.2) is 11.6 Å². The van der Waals surface area contributed by atoms with Crippen molar-refractivity contribution in [3.8, 4) is 5.75 Å². The van der Waals surface area contributed by atoms with Crippen LogP contribution in [0.15, 0.2) is 66.7 Å². The van der Waals surface area contributed by atoms with Crippen LogP contribution in [0.3, 0.4) is 0 Å². The number of anilines is 2. The first-order valence-corrected chi connectivity index (χ1v) is 9.02. The predicted octanol–water partition coefficient (Wildman–Crippen LogP) is 3.69. The second-order valence-corrected chi connectivity index (χ2v) is 6.74. The Balaban J connectivity index is 1.66. The zero-order chi connectivity index (χ0) is 20.5. The van der Waals surface area contributed by atoms with Gasteiger partial charge in [-0.1, -0.05) is 18.2 Å². The van der Waals surface area contributed by atoms with Crippen molar-refractivity contribution in [2.24, 2.45) is 0 Å². The number of ketones is 2. The molecule has 1 atom stereocenters. The minimum atomic E-state index is -1.00. The normalized spacial score (nSPS) is 15.1. The van der Waals surface area contributed by atoms with Crippen LogP contribution in [0.1, 0.15) is 42.6 Å². The summed E-state index contributed by atoms with van der Waals surface area (Å²) in [6.07, 6.45) is 0. The summed E-state index contributed by atoms with van der Waals surface area (Å²) >= 11 is 0. The van der Waals surface area contributed by atoms with Gasteiger partial charge in [-0.25, -0.2) is 0 Å². The zero-order valence-corrected chi connectivity index (χ0v) is 15.6. The van der Waals surface area contributed by atoms with Crippen molar-refractivity contribution < 1.29 is 19.1 Å². The topological polar surface area (TPSA) is 98.5 Å². The summed E-state index contributed by atoms with van der Waals surface area (Å²) in [4.78, 5) is 38.5. The third-order valence-electron chi connectivity index (χ3n) is 4.97. The molecule has 4 rings (SSSR count). The van der Waals surface area contributed by atoms with Crippen LogP contribution in [0, 0.1) is 0 Å². The quantitative estimate of drug-likeness (QED) is 0.526. The minimum absolute atomic E-state index is 0.295. The SMILES string of the molecule is COc1ccc(C(=O)Nc2ccccc2C2C(=O)c3ccc(N)cc3C2=O)cc1. The number of nitrogens with two attached hydrogens (primary N) is 1. The molecule has 0 heterocycles. The van der Waals surface area contributed by atoms with Crippen molar-refractivity contribution in [1.29, 1.82) is 0 Å². The number of ether oxygens (including phenoxy) is 1. The summed E-state index contributed by atoms with van der Waals surface area (Å²) in [7, 11) is 1.55. The number of rotatable bonds is 4. The van der Waals surface area contributed by atoms with Crippen LogP contribution in [-0.4, -0.2) is 24.6 Å². The number of amides is 1. The number of Topliss-reactive ketones (excluding diaryl/α,β-unsaturated/α-hetero) is 2. The lowest BCUT2D eigenvalue weighted by atomic mass is 9.92. The molecule has 0 radical (unpaired) electrons. The number of nitrogen functional groups attached to an aromatic ring is 1. The molecule has 0 saturated carbocycles. The third-order valence-corrected chi connectivity index (χ3v) is 4.97. The number of carbonyl (C=O) groups is 3. The van der Waals surface area contributed by atoms with E-state index >= 15 is 0 Å². The number of hydrogen-bond donors (Lipinski definition) is 2. The van der Waals surface area contributed by atoms with Crippen LogP contribution in [0.2, 0.25) is 0 Å². The Morgan fingerprint density at radius 1 is 0.931 bits per heavy atom. The van der Waals surface area contributed by atoms with Crippen LogP contribution >= 0.6 is 0 Å². The van der Waals surface area contributed by atoms with Gasteiger partial charge in [-0.15, -0.1) is 0 Å². The summed E-state index contributed by atoms with van der Waals surface area (Å²) < 4.78 is 5.10. The smallest absolute Gasteiger partial charge is 0.255 e. The van der Waals surface area contributed by atoms with E-state index < -0.39 is 5.92 Å². The molecule has 29 heavy (non-hydrogen) atoms. The number of methoxy groups -OCH3 is 1. The van der Waals surface area contributed by atoms with Gasteiger partial charge in [0.2, 0.25) is 0 Å². The van der Waals surface area contributed by atoms with Crippen molar-refractivity contribution in [1.82, 2.24) is 0 Å². The highest BCUT2D eigenvalue weighted by molar-refractivity contribution is 6.30. The maximum absolute atomic E-state index is 12.9. The van der Waals surface area contributed by atoms with Crippen molar-refractivity contribution in [2.45, 2.75) is 5.92 Å². The zero-order valence-electron chi connectivity index (χ0n) is 15.6. The Morgan fingerprint density at radius 3 is 2.34 bits per heavy atom. The van der Waals surface area contributed by atoms with E-state index in [1.54, 1.807) is 67.8 Å². The van der Waals surface area contributed by atoms with E-state index in [4.69, 9.17) is 10.5 Å². The van der Waals surface area contributed by atoms with Crippen LogP contribution in [0.25, 0.3) is 0 Å². The molecule has 144 valence electrons. The lowest BCUT2D eigenvalue weighted by molar-refractivity contribution is 0.0888. The van der Waals surface area contributed by atoms with Gasteiger partial charge in [0.1, 0.15) is 11.7 Å². The lowest BCUT2D eigenvalue weighted by Crippen LogP contribution is -2.18. The van der Waals surface area contributed by atoms with Crippen LogP contribution in [-0.2, 0) is 0 Å². The van der Waals surface area contributed by atoms with Crippen LogP contribution < -0.4 is 15.8 Å². The molecule has 1 aliphatic rings. The average Bonchev–Trinajstić information content (AvgIpc) is 2.98. The Kier molecular flexibility index (Phi) is 4.60. The monoisotopic (exact) mass is 386 g/mol. The fraction of sp³-hybridized carbons (Fsp3) is 0.0870. The molecule has 0 aliphatic heterocycles. The highest BCUT2D eigenvalue weighted by Gasteiger charge is 2.40. The second-order valence-electron chi connectivity index (χ2n) is 6.74. The molecule has 3 N–H and O–H groups in total. The lowest BCUT2D eigenvalue weighted by Gasteiger charge is -2.14. The van der Waals surface area contributed by atoms with Gasteiger partial charge in [-0.2, -0.15) is 0 Å². The van der Waals surface area contributed by atoms with E-state index in [1.165, 1.54) is 6.07 Å². The van der Waals surface area contributed by atoms with E-state index in [0.29, 0.717) is 39.4 Å². The van der Waals surface area contributed by atoms with Crippen molar-refractivity contribution in [3.05, 3.63) is 89.0 Å². The molecule has 0 fully saturated rings. The molecule has 0 aromatic heterocycles. The molecular formula is C23H18N2O4. The number of benzene rings is 3. The first-order valence-electron chi connectivity index (χ1n) is 9.02. The number of carbonyl (C=O) groups excluding carboxylic acids is 3. The van der Waals surface area contributed by atoms with Gasteiger partial charge in [0.25, 0.3) is 5.91 Å². The van der Waals surface area contributed by atoms with Gasteiger partial charge in [0.05, 0.1) is 7.11 Å². The minimum Gasteiger partial charge on any atom is -0.497 e. The first kappa shape index (κ1) is 18.4. The number of nitrogens with one attached hydrogen (secondary N) is 1. The van der Waals surface area contributed by atoms with Crippen molar-refractivity contribution in [2.75, 3.05) is 18.2 Å². The van der Waals surface area contributed by atoms with Crippen molar-refractivity contribution >= 4 is 28.8 Å². The average molecular weight is 386 g/mol. The molecule has 1 unspecified atom stereocenters. The Bertz CT molecular complexity index is 1140. The van der Waals surface area contributed by atoms with E-state index in [-0.39, 0.29) is 17.5 Å². The summed E-state index contributed by atoms with van der Waals surface area (Å²) in [5.41, 5.74) is 8.17. The molecule has 1 aliphatic carbocycles. The molecule has 3 aromatic rings. The largest absolute Gasteiger partial charge is 0.497 e. The first-order chi connectivity index (χ1) is 14.0. The number of hydrogen-bond acceptors (Lipinski definition) is 5. The van der Waals surface area contributed by atoms with E-state index in [9.17, 15) is 14.4 Å². The highest BCUT2D eigenvalue weighted by atomic mass is 16.5. The van der Waals surface area contributed by atoms with Gasteiger partial charge in [0, 0.05) is 28.1 Å². The maximum Gasteiger partial charge on any atom is 0.255 e.